The molecule has 1 aromatic carbocycles. The molecule has 0 aliphatic carbocycles. The molecule has 0 radical (unpaired) electrons. The Labute approximate surface area is 121 Å². The molecule has 0 aromatic heterocycles. The fourth-order valence-corrected chi connectivity index (χ4v) is 2.05. The number of carbonyl (C=O) groups excluding carboxylic acids is 1. The first-order chi connectivity index (χ1) is 9.74. The van der Waals surface area contributed by atoms with E-state index in [0.29, 0.717) is 5.56 Å². The van der Waals surface area contributed by atoms with Gasteiger partial charge in [0.05, 0.1) is 6.42 Å². The topological polar surface area (TPSA) is 118 Å². The van der Waals surface area contributed by atoms with Gasteiger partial charge in [0.2, 0.25) is 0 Å². The molecule has 1 unspecified atom stereocenters. The molecule has 1 aromatic rings. The van der Waals surface area contributed by atoms with Crippen molar-refractivity contribution < 1.29 is 32.4 Å². The molecule has 21 heavy (non-hydrogen) atoms. The lowest BCUT2D eigenvalue weighted by Gasteiger charge is -2.09. The number of benzene rings is 1. The predicted octanol–water partition coefficient (Wildman–Crippen LogP) is 1.10. The van der Waals surface area contributed by atoms with Gasteiger partial charge >= 0.3 is 11.9 Å². The first kappa shape index (κ1) is 16.9. The zero-order valence-electron chi connectivity index (χ0n) is 10.9. The summed E-state index contributed by atoms with van der Waals surface area (Å²) in [6, 6.07) is 6.85. The minimum atomic E-state index is -4.86. The minimum absolute atomic E-state index is 0.131. The molecule has 7 nitrogen and oxygen atoms in total. The van der Waals surface area contributed by atoms with Crippen LogP contribution in [0.2, 0.25) is 0 Å². The Bertz CT molecular complexity index is 631. The molecule has 114 valence electrons. The second kappa shape index (κ2) is 7.00. The number of rotatable bonds is 7. The highest BCUT2D eigenvalue weighted by atomic mass is 32.2. The Morgan fingerprint density at radius 2 is 1.86 bits per heavy atom. The van der Waals surface area contributed by atoms with Gasteiger partial charge in [-0.15, -0.1) is 0 Å². The summed E-state index contributed by atoms with van der Waals surface area (Å²) in [6.45, 7) is 3.45. The van der Waals surface area contributed by atoms with Crippen LogP contribution in [0, 0.1) is 0 Å². The Morgan fingerprint density at radius 3 is 2.29 bits per heavy atom. The SMILES string of the molecule is C=Cc1ccc(COC(=O)CC(C(=O)O)S(=O)(=O)O)cc1. The first-order valence-electron chi connectivity index (χ1n) is 5.80. The van der Waals surface area contributed by atoms with E-state index >= 15 is 0 Å². The van der Waals surface area contributed by atoms with Crippen molar-refractivity contribution >= 4 is 28.1 Å². The van der Waals surface area contributed by atoms with Gasteiger partial charge in [-0.3, -0.25) is 14.1 Å². The maximum absolute atomic E-state index is 11.4. The van der Waals surface area contributed by atoms with Crippen molar-refractivity contribution in [1.82, 2.24) is 0 Å². The Morgan fingerprint density at radius 1 is 1.29 bits per heavy atom. The van der Waals surface area contributed by atoms with Crippen LogP contribution < -0.4 is 0 Å². The summed E-state index contributed by atoms with van der Waals surface area (Å²) in [4.78, 5) is 22.1. The standard InChI is InChI=1S/C13H14O7S/c1-2-9-3-5-10(6-4-9)8-20-12(14)7-11(13(15)16)21(17,18)19/h2-6,11H,1,7-8H2,(H,15,16)(H,17,18,19). The van der Waals surface area contributed by atoms with E-state index in [1.807, 2.05) is 0 Å². The van der Waals surface area contributed by atoms with Crippen LogP contribution in [0.3, 0.4) is 0 Å². The molecule has 8 heteroatoms. The molecule has 0 saturated heterocycles. The maximum atomic E-state index is 11.4. The van der Waals surface area contributed by atoms with E-state index < -0.39 is 33.7 Å². The number of aliphatic carboxylic acids is 1. The molecule has 0 amide bonds. The normalized spacial score (nSPS) is 12.4. The fraction of sp³-hybridized carbons (Fsp3) is 0.231. The van der Waals surface area contributed by atoms with Gasteiger partial charge < -0.3 is 9.84 Å². The molecule has 1 atom stereocenters. The third kappa shape index (κ3) is 5.36. The molecular weight excluding hydrogens is 300 g/mol. The van der Waals surface area contributed by atoms with E-state index in [-0.39, 0.29) is 6.61 Å². The Kier molecular flexibility index (Phi) is 5.62. The van der Waals surface area contributed by atoms with Crippen molar-refractivity contribution in [2.75, 3.05) is 0 Å². The lowest BCUT2D eigenvalue weighted by Crippen LogP contribution is -2.32. The highest BCUT2D eigenvalue weighted by molar-refractivity contribution is 7.87. The van der Waals surface area contributed by atoms with E-state index in [1.165, 1.54) is 0 Å². The van der Waals surface area contributed by atoms with Gasteiger partial charge in [-0.2, -0.15) is 8.42 Å². The average Bonchev–Trinajstić information content (AvgIpc) is 2.41. The summed E-state index contributed by atoms with van der Waals surface area (Å²) >= 11 is 0. The molecule has 0 bridgehead atoms. The van der Waals surface area contributed by atoms with Crippen LogP contribution >= 0.6 is 0 Å². The van der Waals surface area contributed by atoms with Gasteiger partial charge in [0.15, 0.2) is 5.25 Å². The van der Waals surface area contributed by atoms with Crippen molar-refractivity contribution in [2.24, 2.45) is 0 Å². The van der Waals surface area contributed by atoms with Crippen molar-refractivity contribution in [3.05, 3.63) is 42.0 Å². The largest absolute Gasteiger partial charge is 0.480 e. The van der Waals surface area contributed by atoms with Crippen molar-refractivity contribution in [3.63, 3.8) is 0 Å². The fourth-order valence-electron chi connectivity index (χ4n) is 1.44. The summed E-state index contributed by atoms with van der Waals surface area (Å²) in [5.41, 5.74) is 1.52. The predicted molar refractivity (Wildman–Crippen MR) is 73.9 cm³/mol. The summed E-state index contributed by atoms with van der Waals surface area (Å²) in [5, 5.41) is 6.42. The van der Waals surface area contributed by atoms with Gasteiger partial charge in [0, 0.05) is 0 Å². The van der Waals surface area contributed by atoms with Gasteiger partial charge in [0.25, 0.3) is 10.1 Å². The lowest BCUT2D eigenvalue weighted by molar-refractivity contribution is -0.148. The summed E-state index contributed by atoms with van der Waals surface area (Å²) in [5.74, 6) is -2.85. The van der Waals surface area contributed by atoms with Gasteiger partial charge in [-0.25, -0.2) is 0 Å². The number of carboxylic acids is 1. The quantitative estimate of drug-likeness (QED) is 0.571. The number of carbonyl (C=O) groups is 2. The van der Waals surface area contributed by atoms with E-state index in [9.17, 15) is 18.0 Å². The van der Waals surface area contributed by atoms with Crippen molar-refractivity contribution in [3.8, 4) is 0 Å². The highest BCUT2D eigenvalue weighted by Crippen LogP contribution is 2.10. The Balaban J connectivity index is 2.60. The van der Waals surface area contributed by atoms with Gasteiger partial charge in [-0.1, -0.05) is 36.9 Å². The lowest BCUT2D eigenvalue weighted by atomic mass is 10.1. The first-order valence-corrected chi connectivity index (χ1v) is 7.30. The Hall–Kier alpha value is -2.19. The molecule has 0 heterocycles. The molecule has 0 aliphatic heterocycles. The molecule has 2 N–H and O–H groups in total. The van der Waals surface area contributed by atoms with Crippen molar-refractivity contribution in [2.45, 2.75) is 18.3 Å². The van der Waals surface area contributed by atoms with Crippen LogP contribution in [-0.2, 0) is 31.1 Å². The molecule has 0 spiro atoms. The zero-order chi connectivity index (χ0) is 16.0. The number of ether oxygens (including phenoxy) is 1. The van der Waals surface area contributed by atoms with E-state index in [1.54, 1.807) is 30.3 Å². The van der Waals surface area contributed by atoms with Crippen LogP contribution in [0.15, 0.2) is 30.8 Å². The summed E-state index contributed by atoms with van der Waals surface area (Å²) < 4.78 is 35.1. The molecular formula is C13H14O7S. The van der Waals surface area contributed by atoms with E-state index in [2.05, 4.69) is 6.58 Å². The maximum Gasteiger partial charge on any atom is 0.325 e. The summed E-state index contributed by atoms with van der Waals surface area (Å²) in [7, 11) is -4.86. The number of hydrogen-bond acceptors (Lipinski definition) is 5. The van der Waals surface area contributed by atoms with Gasteiger partial charge in [0.1, 0.15) is 6.61 Å². The minimum Gasteiger partial charge on any atom is -0.480 e. The van der Waals surface area contributed by atoms with Crippen molar-refractivity contribution in [1.29, 1.82) is 0 Å². The average molecular weight is 314 g/mol. The van der Waals surface area contributed by atoms with E-state index in [0.717, 1.165) is 5.56 Å². The van der Waals surface area contributed by atoms with Crippen LogP contribution in [-0.4, -0.2) is 35.3 Å². The summed E-state index contributed by atoms with van der Waals surface area (Å²) in [6.07, 6.45) is 0.679. The monoisotopic (exact) mass is 314 g/mol. The number of esters is 1. The van der Waals surface area contributed by atoms with Crippen LogP contribution in [0.1, 0.15) is 17.5 Å². The number of carboxylic acid groups (broad SMARTS) is 1. The third-order valence-electron chi connectivity index (χ3n) is 2.60. The van der Waals surface area contributed by atoms with E-state index in [4.69, 9.17) is 14.4 Å². The second-order valence-corrected chi connectivity index (χ2v) is 5.75. The second-order valence-electron chi connectivity index (χ2n) is 4.15. The molecule has 0 saturated carbocycles. The van der Waals surface area contributed by atoms with Gasteiger partial charge in [-0.05, 0) is 11.1 Å². The molecule has 1 rings (SSSR count). The van der Waals surface area contributed by atoms with Crippen LogP contribution in [0.25, 0.3) is 6.08 Å². The smallest absolute Gasteiger partial charge is 0.325 e. The van der Waals surface area contributed by atoms with Crippen LogP contribution in [0.4, 0.5) is 0 Å². The number of hydrogen-bond donors (Lipinski definition) is 2. The highest BCUT2D eigenvalue weighted by Gasteiger charge is 2.33. The van der Waals surface area contributed by atoms with Crippen LogP contribution in [0.5, 0.6) is 0 Å². The third-order valence-corrected chi connectivity index (χ3v) is 3.69. The molecule has 0 aliphatic rings. The zero-order valence-corrected chi connectivity index (χ0v) is 11.7. The molecule has 0 fully saturated rings.